The first-order valence-electron chi connectivity index (χ1n) is 6.43. The predicted molar refractivity (Wildman–Crippen MR) is 79.0 cm³/mol. The zero-order valence-electron chi connectivity index (χ0n) is 11.6. The highest BCUT2D eigenvalue weighted by Gasteiger charge is 2.22. The van der Waals surface area contributed by atoms with Crippen molar-refractivity contribution < 1.29 is 14.3 Å². The molecule has 0 aliphatic rings. The lowest BCUT2D eigenvalue weighted by Crippen LogP contribution is -2.31. The summed E-state index contributed by atoms with van der Waals surface area (Å²) in [6.45, 7) is 0.370. The van der Waals surface area contributed by atoms with E-state index in [1.807, 2.05) is 30.3 Å². The minimum atomic E-state index is -0.438. The van der Waals surface area contributed by atoms with E-state index in [9.17, 15) is 4.79 Å². The topological polar surface area (TPSA) is 74.7 Å². The Balaban J connectivity index is 2.06. The maximum absolute atomic E-state index is 12.1. The highest BCUT2D eigenvalue weighted by molar-refractivity contribution is 6.42. The number of hydrogen-bond donors (Lipinski definition) is 1. The van der Waals surface area contributed by atoms with Crippen LogP contribution >= 0.6 is 0 Å². The molecule has 0 aromatic heterocycles. The van der Waals surface area contributed by atoms with Gasteiger partial charge >= 0.3 is 11.6 Å². The monoisotopic (exact) mass is 281 g/mol. The number of amides is 1. The van der Waals surface area contributed by atoms with Crippen LogP contribution in [0, 0.1) is 0 Å². The second kappa shape index (κ2) is 7.03. The Morgan fingerprint density at radius 2 is 1.81 bits per heavy atom. The first kappa shape index (κ1) is 14.5. The number of nitrogens with one attached hydrogen (secondary N) is 1. The number of benzene rings is 2. The van der Waals surface area contributed by atoms with Crippen LogP contribution < -0.4 is 10.1 Å². The summed E-state index contributed by atoms with van der Waals surface area (Å²) >= 11 is 0. The van der Waals surface area contributed by atoms with Crippen molar-refractivity contribution in [2.24, 2.45) is 0 Å². The van der Waals surface area contributed by atoms with Crippen molar-refractivity contribution in [3.63, 3.8) is 0 Å². The predicted octanol–water partition coefficient (Wildman–Crippen LogP) is 2.03. The van der Waals surface area contributed by atoms with Gasteiger partial charge in [0.25, 0.3) is 0 Å². The summed E-state index contributed by atoms with van der Waals surface area (Å²) in [6, 6.07) is 16.2. The molecule has 5 nitrogen and oxygen atoms in total. The van der Waals surface area contributed by atoms with E-state index in [2.05, 4.69) is 10.1 Å². The van der Waals surface area contributed by atoms with Gasteiger partial charge in [-0.05, 0) is 29.8 Å². The fourth-order valence-corrected chi connectivity index (χ4v) is 1.85. The second-order valence-electron chi connectivity index (χ2n) is 4.35. The molecule has 0 saturated heterocycles. The van der Waals surface area contributed by atoms with Gasteiger partial charge in [-0.15, -0.1) is 0 Å². The molecule has 1 amide bonds. The molecule has 0 aliphatic heterocycles. The van der Waals surface area contributed by atoms with Crippen molar-refractivity contribution in [3.05, 3.63) is 71.3 Å². The van der Waals surface area contributed by atoms with Gasteiger partial charge in [-0.1, -0.05) is 30.3 Å². The number of nitrogens with zero attached hydrogens (tertiary/aromatic N) is 2. The maximum atomic E-state index is 12.1. The molecule has 2 aromatic rings. The van der Waals surface area contributed by atoms with Gasteiger partial charge in [-0.2, -0.15) is 4.79 Å². The number of carbonyl (C=O) groups excluding carboxylic acids is 1. The van der Waals surface area contributed by atoms with Crippen LogP contribution in [0.5, 0.6) is 5.75 Å². The lowest BCUT2D eigenvalue weighted by Gasteiger charge is -2.03. The third kappa shape index (κ3) is 3.78. The molecule has 0 fully saturated rings. The number of ether oxygens (including phenoxy) is 1. The Morgan fingerprint density at radius 3 is 2.38 bits per heavy atom. The Bertz CT molecular complexity index is 660. The quantitative estimate of drug-likeness (QED) is 0.517. The standard InChI is InChI=1S/C16H15N3O2/c1-21-14-9-7-13(8-10-14)15(19-17)16(20)18-11-12-5-3-2-4-6-12/h2-10H,11H2,1H3,(H,18,20). The minimum Gasteiger partial charge on any atom is -0.497 e. The van der Waals surface area contributed by atoms with Crippen LogP contribution in [0.2, 0.25) is 0 Å². The van der Waals surface area contributed by atoms with E-state index in [1.54, 1.807) is 31.4 Å². The van der Waals surface area contributed by atoms with E-state index in [0.717, 1.165) is 5.56 Å². The molecule has 0 aliphatic carbocycles. The minimum absolute atomic E-state index is 0.0337. The average Bonchev–Trinajstić information content (AvgIpc) is 2.55. The van der Waals surface area contributed by atoms with E-state index in [0.29, 0.717) is 17.9 Å². The van der Waals surface area contributed by atoms with Crippen molar-refractivity contribution in [2.45, 2.75) is 6.54 Å². The molecule has 21 heavy (non-hydrogen) atoms. The Morgan fingerprint density at radius 1 is 1.14 bits per heavy atom. The van der Waals surface area contributed by atoms with Gasteiger partial charge < -0.3 is 15.6 Å². The third-order valence-corrected chi connectivity index (χ3v) is 2.97. The van der Waals surface area contributed by atoms with Gasteiger partial charge in [-0.3, -0.25) is 4.79 Å². The van der Waals surface area contributed by atoms with Crippen LogP contribution in [0.15, 0.2) is 54.6 Å². The van der Waals surface area contributed by atoms with E-state index >= 15 is 0 Å². The molecular formula is C16H15N3O2. The summed E-state index contributed by atoms with van der Waals surface area (Å²) < 4.78 is 5.05. The largest absolute Gasteiger partial charge is 0.497 e. The molecule has 0 spiro atoms. The van der Waals surface area contributed by atoms with Crippen LogP contribution in [-0.4, -0.2) is 23.5 Å². The summed E-state index contributed by atoms with van der Waals surface area (Å²) in [5.74, 6) is 0.229. The van der Waals surface area contributed by atoms with Crippen molar-refractivity contribution in [2.75, 3.05) is 7.11 Å². The zero-order valence-corrected chi connectivity index (χ0v) is 11.6. The summed E-state index contributed by atoms with van der Waals surface area (Å²) in [4.78, 5) is 15.2. The Kier molecular flexibility index (Phi) is 4.85. The van der Waals surface area contributed by atoms with Crippen molar-refractivity contribution >= 4 is 11.6 Å². The van der Waals surface area contributed by atoms with Gasteiger partial charge in [-0.25, -0.2) is 0 Å². The third-order valence-electron chi connectivity index (χ3n) is 2.97. The zero-order chi connectivity index (χ0) is 15.1. The average molecular weight is 281 g/mol. The van der Waals surface area contributed by atoms with Gasteiger partial charge in [0.05, 0.1) is 12.7 Å². The van der Waals surface area contributed by atoms with Crippen LogP contribution in [-0.2, 0) is 11.3 Å². The lowest BCUT2D eigenvalue weighted by molar-refractivity contribution is -0.119. The molecule has 0 bridgehead atoms. The number of rotatable bonds is 5. The molecular weight excluding hydrogens is 266 g/mol. The fourth-order valence-electron chi connectivity index (χ4n) is 1.85. The summed E-state index contributed by atoms with van der Waals surface area (Å²) in [5, 5.41) is 2.72. The first-order valence-corrected chi connectivity index (χ1v) is 6.43. The molecule has 0 radical (unpaired) electrons. The van der Waals surface area contributed by atoms with Crippen molar-refractivity contribution in [3.8, 4) is 5.75 Å². The molecule has 1 N–H and O–H groups in total. The van der Waals surface area contributed by atoms with E-state index in [-0.39, 0.29) is 5.71 Å². The Hall–Kier alpha value is -2.91. The summed E-state index contributed by atoms with van der Waals surface area (Å²) in [5.41, 5.74) is 10.5. The summed E-state index contributed by atoms with van der Waals surface area (Å²) in [7, 11) is 1.56. The van der Waals surface area contributed by atoms with Crippen molar-refractivity contribution in [1.29, 1.82) is 0 Å². The van der Waals surface area contributed by atoms with E-state index < -0.39 is 5.91 Å². The highest BCUT2D eigenvalue weighted by atomic mass is 16.5. The van der Waals surface area contributed by atoms with Gasteiger partial charge in [0.1, 0.15) is 5.75 Å². The molecule has 0 heterocycles. The van der Waals surface area contributed by atoms with Crippen molar-refractivity contribution in [1.82, 2.24) is 5.32 Å². The van der Waals surface area contributed by atoms with Gasteiger partial charge in [0.15, 0.2) is 0 Å². The van der Waals surface area contributed by atoms with Crippen LogP contribution in [0.25, 0.3) is 5.53 Å². The normalized spacial score (nSPS) is 9.57. The SMILES string of the molecule is COc1ccc(C(=[N+]=[N-])C(=O)NCc2ccccc2)cc1. The summed E-state index contributed by atoms with van der Waals surface area (Å²) in [6.07, 6.45) is 0. The number of carbonyl (C=O) groups is 1. The van der Waals surface area contributed by atoms with Gasteiger partial charge in [0, 0.05) is 6.54 Å². The van der Waals surface area contributed by atoms with E-state index in [1.165, 1.54) is 0 Å². The first-order chi connectivity index (χ1) is 10.2. The molecule has 0 saturated carbocycles. The molecule has 106 valence electrons. The maximum Gasteiger partial charge on any atom is 0.386 e. The number of methoxy groups -OCH3 is 1. The highest BCUT2D eigenvalue weighted by Crippen LogP contribution is 2.11. The Labute approximate surface area is 122 Å². The fraction of sp³-hybridized carbons (Fsp3) is 0.125. The van der Waals surface area contributed by atoms with Crippen LogP contribution in [0.4, 0.5) is 0 Å². The molecule has 2 rings (SSSR count). The molecule has 0 unspecified atom stereocenters. The second-order valence-corrected chi connectivity index (χ2v) is 4.35. The lowest BCUT2D eigenvalue weighted by atomic mass is 10.1. The van der Waals surface area contributed by atoms with Crippen LogP contribution in [0.1, 0.15) is 11.1 Å². The van der Waals surface area contributed by atoms with Crippen LogP contribution in [0.3, 0.4) is 0 Å². The smallest absolute Gasteiger partial charge is 0.386 e. The van der Waals surface area contributed by atoms with Gasteiger partial charge in [0.2, 0.25) is 0 Å². The molecule has 5 heteroatoms. The van der Waals surface area contributed by atoms with E-state index in [4.69, 9.17) is 10.3 Å². The number of hydrogen-bond acceptors (Lipinski definition) is 2. The molecule has 2 aromatic carbocycles. The molecule has 0 atom stereocenters.